The Morgan fingerprint density at radius 2 is 2.05 bits per heavy atom. The summed E-state index contributed by atoms with van der Waals surface area (Å²) in [6.45, 7) is 3.70. The highest BCUT2D eigenvalue weighted by Crippen LogP contribution is 2.53. The molecular formula is C16H17ClO2. The minimum absolute atomic E-state index is 0.333. The van der Waals surface area contributed by atoms with E-state index in [1.807, 2.05) is 12.1 Å². The fraction of sp³-hybridized carbons (Fsp3) is 0.438. The molecule has 2 nitrogen and oxygen atoms in total. The van der Waals surface area contributed by atoms with Crippen LogP contribution in [0.4, 0.5) is 0 Å². The van der Waals surface area contributed by atoms with E-state index >= 15 is 0 Å². The molecule has 1 aromatic rings. The molecule has 0 spiro atoms. The van der Waals surface area contributed by atoms with Crippen LogP contribution >= 0.6 is 11.6 Å². The van der Waals surface area contributed by atoms with Crippen molar-refractivity contribution in [2.24, 2.45) is 17.8 Å². The summed E-state index contributed by atoms with van der Waals surface area (Å²) in [5.41, 5.74) is 1.23. The fourth-order valence-electron chi connectivity index (χ4n) is 3.58. The van der Waals surface area contributed by atoms with Crippen LogP contribution in [0.3, 0.4) is 0 Å². The molecule has 0 heterocycles. The molecule has 2 aliphatic rings. The summed E-state index contributed by atoms with van der Waals surface area (Å²) >= 11 is 6.07. The second-order valence-electron chi connectivity index (χ2n) is 5.62. The molecule has 2 aliphatic carbocycles. The zero-order valence-electron chi connectivity index (χ0n) is 11.1. The van der Waals surface area contributed by atoms with Gasteiger partial charge in [0, 0.05) is 6.92 Å². The first-order valence-electron chi connectivity index (χ1n) is 6.72. The number of carbonyl (C=O) groups excluding carboxylic acids is 1. The quantitative estimate of drug-likeness (QED) is 0.460. The second kappa shape index (κ2) is 4.68. The van der Waals surface area contributed by atoms with Crippen molar-refractivity contribution in [2.75, 3.05) is 0 Å². The van der Waals surface area contributed by atoms with Crippen LogP contribution in [0.5, 0.6) is 5.75 Å². The van der Waals surface area contributed by atoms with E-state index in [0.717, 1.165) is 0 Å². The third kappa shape index (κ3) is 2.18. The molecule has 0 aromatic heterocycles. The minimum Gasteiger partial charge on any atom is -0.425 e. The molecule has 4 atom stereocenters. The Kier molecular flexibility index (Phi) is 3.14. The lowest BCUT2D eigenvalue weighted by atomic mass is 9.79. The SMILES string of the molecule is CC(=O)Oc1cc(C2C3C=CC(C3)C2C)ccc1Cl. The Bertz CT molecular complexity index is 550. The summed E-state index contributed by atoms with van der Waals surface area (Å²) in [5.74, 6) is 2.61. The number of benzene rings is 1. The highest BCUT2D eigenvalue weighted by Gasteiger charge is 2.42. The number of halogens is 1. The number of ether oxygens (including phenoxy) is 1. The lowest BCUT2D eigenvalue weighted by Crippen LogP contribution is -2.15. The predicted molar refractivity (Wildman–Crippen MR) is 75.4 cm³/mol. The molecule has 0 amide bonds. The predicted octanol–water partition coefficient (Wildman–Crippen LogP) is 4.19. The van der Waals surface area contributed by atoms with Gasteiger partial charge in [0.1, 0.15) is 5.75 Å². The first-order valence-corrected chi connectivity index (χ1v) is 7.10. The molecule has 1 saturated carbocycles. The molecule has 2 bridgehead atoms. The van der Waals surface area contributed by atoms with E-state index in [4.69, 9.17) is 16.3 Å². The van der Waals surface area contributed by atoms with Crippen molar-refractivity contribution in [3.63, 3.8) is 0 Å². The highest BCUT2D eigenvalue weighted by molar-refractivity contribution is 6.32. The van der Waals surface area contributed by atoms with Crippen molar-refractivity contribution < 1.29 is 9.53 Å². The van der Waals surface area contributed by atoms with Crippen molar-refractivity contribution >= 4 is 17.6 Å². The van der Waals surface area contributed by atoms with E-state index in [1.54, 1.807) is 0 Å². The van der Waals surface area contributed by atoms with Crippen LogP contribution in [-0.4, -0.2) is 5.97 Å². The normalized spacial score (nSPS) is 31.7. The average Bonchev–Trinajstić information content (AvgIpc) is 2.92. The molecule has 0 aliphatic heterocycles. The van der Waals surface area contributed by atoms with Gasteiger partial charge in [-0.3, -0.25) is 4.79 Å². The molecule has 0 saturated heterocycles. The summed E-state index contributed by atoms with van der Waals surface area (Å²) < 4.78 is 5.17. The monoisotopic (exact) mass is 276 g/mol. The van der Waals surface area contributed by atoms with Crippen LogP contribution in [0.15, 0.2) is 30.4 Å². The third-order valence-electron chi connectivity index (χ3n) is 4.45. The number of esters is 1. The molecule has 100 valence electrons. The maximum absolute atomic E-state index is 11.1. The standard InChI is InChI=1S/C16H17ClO2/c1-9-11-3-4-12(7-11)16(9)13-5-6-14(17)15(8-13)19-10(2)18/h3-6,8-9,11-12,16H,7H2,1-2H3. The largest absolute Gasteiger partial charge is 0.425 e. The number of rotatable bonds is 2. The molecule has 0 radical (unpaired) electrons. The van der Waals surface area contributed by atoms with Crippen LogP contribution in [0.2, 0.25) is 5.02 Å². The average molecular weight is 277 g/mol. The van der Waals surface area contributed by atoms with E-state index in [-0.39, 0.29) is 5.97 Å². The van der Waals surface area contributed by atoms with Crippen LogP contribution in [0.25, 0.3) is 0 Å². The van der Waals surface area contributed by atoms with Crippen molar-refractivity contribution in [1.82, 2.24) is 0 Å². The Balaban J connectivity index is 1.93. The van der Waals surface area contributed by atoms with E-state index in [2.05, 4.69) is 25.1 Å². The van der Waals surface area contributed by atoms with Gasteiger partial charge in [0.2, 0.25) is 0 Å². The molecule has 3 heteroatoms. The van der Waals surface area contributed by atoms with Gasteiger partial charge in [-0.1, -0.05) is 36.7 Å². The van der Waals surface area contributed by atoms with Crippen LogP contribution in [0, 0.1) is 17.8 Å². The minimum atomic E-state index is -0.333. The Morgan fingerprint density at radius 3 is 2.68 bits per heavy atom. The summed E-state index contributed by atoms with van der Waals surface area (Å²) in [7, 11) is 0. The Hall–Kier alpha value is -1.28. The van der Waals surface area contributed by atoms with Gasteiger partial charge < -0.3 is 4.74 Å². The van der Waals surface area contributed by atoms with E-state index < -0.39 is 0 Å². The maximum Gasteiger partial charge on any atom is 0.308 e. The molecule has 1 aromatic carbocycles. The first kappa shape index (κ1) is 12.7. The van der Waals surface area contributed by atoms with Crippen molar-refractivity contribution in [2.45, 2.75) is 26.2 Å². The maximum atomic E-state index is 11.1. The number of allylic oxidation sites excluding steroid dienone is 2. The van der Waals surface area contributed by atoms with Gasteiger partial charge in [-0.25, -0.2) is 0 Å². The summed E-state index contributed by atoms with van der Waals surface area (Å²) in [4.78, 5) is 11.1. The smallest absolute Gasteiger partial charge is 0.308 e. The van der Waals surface area contributed by atoms with E-state index in [9.17, 15) is 4.79 Å². The lowest BCUT2D eigenvalue weighted by Gasteiger charge is -2.25. The number of hydrogen-bond donors (Lipinski definition) is 0. The molecule has 4 unspecified atom stereocenters. The lowest BCUT2D eigenvalue weighted by molar-refractivity contribution is -0.131. The topological polar surface area (TPSA) is 26.3 Å². The van der Waals surface area contributed by atoms with Crippen LogP contribution in [-0.2, 0) is 4.79 Å². The Labute approximate surface area is 118 Å². The number of carbonyl (C=O) groups is 1. The van der Waals surface area contributed by atoms with Gasteiger partial charge in [0.25, 0.3) is 0 Å². The Morgan fingerprint density at radius 1 is 1.32 bits per heavy atom. The number of fused-ring (bicyclic) bond motifs is 2. The third-order valence-corrected chi connectivity index (χ3v) is 4.76. The summed E-state index contributed by atoms with van der Waals surface area (Å²) in [5, 5.41) is 0.491. The van der Waals surface area contributed by atoms with Gasteiger partial charge in [0.15, 0.2) is 0 Å². The summed E-state index contributed by atoms with van der Waals surface area (Å²) in [6, 6.07) is 5.82. The molecule has 19 heavy (non-hydrogen) atoms. The molecule has 0 N–H and O–H groups in total. The van der Waals surface area contributed by atoms with Gasteiger partial charge in [-0.05, 0) is 47.8 Å². The number of hydrogen-bond acceptors (Lipinski definition) is 2. The molecule has 1 fully saturated rings. The molecule has 3 rings (SSSR count). The van der Waals surface area contributed by atoms with Crippen molar-refractivity contribution in [1.29, 1.82) is 0 Å². The van der Waals surface area contributed by atoms with Gasteiger partial charge in [-0.15, -0.1) is 0 Å². The van der Waals surface area contributed by atoms with E-state index in [1.165, 1.54) is 18.9 Å². The van der Waals surface area contributed by atoms with Gasteiger partial charge >= 0.3 is 5.97 Å². The molecular weight excluding hydrogens is 260 g/mol. The van der Waals surface area contributed by atoms with E-state index in [0.29, 0.717) is 34.4 Å². The fourth-order valence-corrected chi connectivity index (χ4v) is 3.74. The zero-order chi connectivity index (χ0) is 13.6. The zero-order valence-corrected chi connectivity index (χ0v) is 11.9. The van der Waals surface area contributed by atoms with Crippen molar-refractivity contribution in [3.8, 4) is 5.75 Å². The first-order chi connectivity index (χ1) is 9.06. The van der Waals surface area contributed by atoms with Crippen LogP contribution < -0.4 is 4.74 Å². The summed E-state index contributed by atoms with van der Waals surface area (Å²) in [6.07, 6.45) is 5.92. The van der Waals surface area contributed by atoms with Gasteiger partial charge in [-0.2, -0.15) is 0 Å². The second-order valence-corrected chi connectivity index (χ2v) is 6.02. The van der Waals surface area contributed by atoms with Crippen molar-refractivity contribution in [3.05, 3.63) is 40.9 Å². The van der Waals surface area contributed by atoms with Gasteiger partial charge in [0.05, 0.1) is 5.02 Å². The van der Waals surface area contributed by atoms with Crippen LogP contribution in [0.1, 0.15) is 31.7 Å². The highest BCUT2D eigenvalue weighted by atomic mass is 35.5.